The van der Waals surface area contributed by atoms with Crippen LogP contribution in [0.15, 0.2) is 29.1 Å². The van der Waals surface area contributed by atoms with Gasteiger partial charge in [-0.1, -0.05) is 0 Å². The van der Waals surface area contributed by atoms with Crippen LogP contribution in [0.1, 0.15) is 18.2 Å². The molecule has 0 bridgehead atoms. The molecule has 0 aliphatic rings. The summed E-state index contributed by atoms with van der Waals surface area (Å²) in [5.74, 6) is -0.750. The van der Waals surface area contributed by atoms with E-state index in [2.05, 4.69) is 14.7 Å². The topological polar surface area (TPSA) is 65.2 Å². The van der Waals surface area contributed by atoms with Crippen molar-refractivity contribution in [3.63, 3.8) is 0 Å². The number of pyridine rings is 1. The van der Waals surface area contributed by atoms with Crippen LogP contribution < -0.4 is 0 Å². The highest BCUT2D eigenvalue weighted by atomic mass is 19.4. The SMILES string of the molecule is CC(=O)OCc1coc(-c2cnccc2C(F)(F)F)n1. The van der Waals surface area contributed by atoms with E-state index >= 15 is 0 Å². The molecule has 2 heterocycles. The highest BCUT2D eigenvalue weighted by Crippen LogP contribution is 2.35. The van der Waals surface area contributed by atoms with E-state index in [0.29, 0.717) is 0 Å². The van der Waals surface area contributed by atoms with Crippen molar-refractivity contribution in [3.8, 4) is 11.5 Å². The molecular weight excluding hydrogens is 277 g/mol. The van der Waals surface area contributed by atoms with Crippen LogP contribution in [0, 0.1) is 0 Å². The maximum Gasteiger partial charge on any atom is 0.417 e. The second kappa shape index (κ2) is 5.32. The minimum atomic E-state index is -4.54. The Labute approximate surface area is 111 Å². The molecule has 5 nitrogen and oxygen atoms in total. The summed E-state index contributed by atoms with van der Waals surface area (Å²) in [4.78, 5) is 18.1. The van der Waals surface area contributed by atoms with E-state index in [1.165, 1.54) is 6.92 Å². The Kier molecular flexibility index (Phi) is 3.73. The molecule has 2 aromatic heterocycles. The van der Waals surface area contributed by atoms with Crippen LogP contribution in [0.4, 0.5) is 13.2 Å². The van der Waals surface area contributed by atoms with Crippen LogP contribution in [0.5, 0.6) is 0 Å². The molecule has 0 unspecified atom stereocenters. The zero-order chi connectivity index (χ0) is 14.8. The van der Waals surface area contributed by atoms with Crippen LogP contribution in [0.2, 0.25) is 0 Å². The smallest absolute Gasteiger partial charge is 0.417 e. The lowest BCUT2D eigenvalue weighted by Gasteiger charge is -2.09. The molecule has 8 heteroatoms. The van der Waals surface area contributed by atoms with Crippen molar-refractivity contribution >= 4 is 5.97 Å². The molecule has 0 saturated carbocycles. The van der Waals surface area contributed by atoms with Crippen molar-refractivity contribution in [2.75, 3.05) is 0 Å². The minimum Gasteiger partial charge on any atom is -0.459 e. The molecule has 0 saturated heterocycles. The number of oxazole rings is 1. The number of hydrogen-bond acceptors (Lipinski definition) is 5. The monoisotopic (exact) mass is 286 g/mol. The molecule has 0 atom stereocenters. The number of rotatable bonds is 3. The number of carbonyl (C=O) groups is 1. The third-order valence-electron chi connectivity index (χ3n) is 2.33. The van der Waals surface area contributed by atoms with Crippen molar-refractivity contribution < 1.29 is 27.1 Å². The molecule has 0 N–H and O–H groups in total. The number of alkyl halides is 3. The third kappa shape index (κ3) is 3.14. The average molecular weight is 286 g/mol. The van der Waals surface area contributed by atoms with Crippen LogP contribution in [-0.2, 0) is 22.3 Å². The van der Waals surface area contributed by atoms with Crippen LogP contribution >= 0.6 is 0 Å². The summed E-state index contributed by atoms with van der Waals surface area (Å²) >= 11 is 0. The number of carbonyl (C=O) groups excluding carboxylic acids is 1. The highest BCUT2D eigenvalue weighted by molar-refractivity contribution is 5.65. The fourth-order valence-electron chi connectivity index (χ4n) is 1.48. The van der Waals surface area contributed by atoms with Gasteiger partial charge >= 0.3 is 12.1 Å². The number of ether oxygens (including phenoxy) is 1. The van der Waals surface area contributed by atoms with Gasteiger partial charge in [0.15, 0.2) is 0 Å². The molecule has 2 aromatic rings. The molecule has 0 radical (unpaired) electrons. The van der Waals surface area contributed by atoms with Crippen molar-refractivity contribution in [2.24, 2.45) is 0 Å². The maximum atomic E-state index is 12.8. The number of nitrogens with zero attached hydrogens (tertiary/aromatic N) is 2. The Morgan fingerprint density at radius 1 is 1.45 bits per heavy atom. The van der Waals surface area contributed by atoms with Gasteiger partial charge in [0.25, 0.3) is 0 Å². The fraction of sp³-hybridized carbons (Fsp3) is 0.250. The number of halogens is 3. The van der Waals surface area contributed by atoms with E-state index < -0.39 is 17.7 Å². The van der Waals surface area contributed by atoms with Crippen LogP contribution in [-0.4, -0.2) is 15.9 Å². The second-order valence-corrected chi connectivity index (χ2v) is 3.84. The van der Waals surface area contributed by atoms with Gasteiger partial charge < -0.3 is 9.15 Å². The van der Waals surface area contributed by atoms with E-state index in [1.54, 1.807) is 0 Å². The first-order valence-corrected chi connectivity index (χ1v) is 5.47. The van der Waals surface area contributed by atoms with Crippen molar-refractivity contribution in [1.29, 1.82) is 0 Å². The first kappa shape index (κ1) is 14.0. The summed E-state index contributed by atoms with van der Waals surface area (Å²) in [5, 5.41) is 0. The molecular formula is C12H9F3N2O3. The third-order valence-corrected chi connectivity index (χ3v) is 2.33. The van der Waals surface area contributed by atoms with E-state index in [0.717, 1.165) is 24.7 Å². The Morgan fingerprint density at radius 2 is 2.20 bits per heavy atom. The number of hydrogen-bond donors (Lipinski definition) is 0. The number of esters is 1. The normalized spacial score (nSPS) is 11.4. The minimum absolute atomic E-state index is 0.166. The lowest BCUT2D eigenvalue weighted by atomic mass is 10.1. The fourth-order valence-corrected chi connectivity index (χ4v) is 1.48. The van der Waals surface area contributed by atoms with Gasteiger partial charge in [0, 0.05) is 19.3 Å². The van der Waals surface area contributed by atoms with E-state index in [-0.39, 0.29) is 23.8 Å². The highest BCUT2D eigenvalue weighted by Gasteiger charge is 2.34. The Balaban J connectivity index is 2.31. The molecule has 0 aliphatic carbocycles. The summed E-state index contributed by atoms with van der Waals surface area (Å²) in [7, 11) is 0. The molecule has 0 aliphatic heterocycles. The van der Waals surface area contributed by atoms with Gasteiger partial charge in [-0.25, -0.2) is 4.98 Å². The van der Waals surface area contributed by atoms with Crippen molar-refractivity contribution in [2.45, 2.75) is 19.7 Å². The van der Waals surface area contributed by atoms with Gasteiger partial charge in [-0.2, -0.15) is 13.2 Å². The molecule has 0 amide bonds. The van der Waals surface area contributed by atoms with Crippen molar-refractivity contribution in [3.05, 3.63) is 36.0 Å². The summed E-state index contributed by atoms with van der Waals surface area (Å²) in [6, 6.07) is 0.839. The molecule has 20 heavy (non-hydrogen) atoms. The van der Waals surface area contributed by atoms with Gasteiger partial charge in [-0.3, -0.25) is 9.78 Å². The zero-order valence-corrected chi connectivity index (χ0v) is 10.3. The standard InChI is InChI=1S/C12H9F3N2O3/c1-7(18)19-5-8-6-20-11(17-8)9-4-16-3-2-10(9)12(13,14)15/h2-4,6H,5H2,1H3. The van der Waals surface area contributed by atoms with E-state index in [4.69, 9.17) is 4.42 Å². The summed E-state index contributed by atoms with van der Waals surface area (Å²) in [6.07, 6.45) is -1.35. The predicted octanol–water partition coefficient (Wildman–Crippen LogP) is 2.82. The van der Waals surface area contributed by atoms with Crippen LogP contribution in [0.3, 0.4) is 0 Å². The maximum absolute atomic E-state index is 12.8. The van der Waals surface area contributed by atoms with Crippen molar-refractivity contribution in [1.82, 2.24) is 9.97 Å². The number of aromatic nitrogens is 2. The molecule has 106 valence electrons. The Morgan fingerprint density at radius 3 is 2.85 bits per heavy atom. The Bertz CT molecular complexity index is 622. The molecule has 0 fully saturated rings. The lowest BCUT2D eigenvalue weighted by Crippen LogP contribution is -2.07. The van der Waals surface area contributed by atoms with E-state index in [1.807, 2.05) is 0 Å². The summed E-state index contributed by atoms with van der Waals surface area (Å²) < 4.78 is 48.1. The predicted molar refractivity (Wildman–Crippen MR) is 60.2 cm³/mol. The van der Waals surface area contributed by atoms with Gasteiger partial charge in [-0.05, 0) is 6.07 Å². The molecule has 2 rings (SSSR count). The quantitative estimate of drug-likeness (QED) is 0.812. The first-order chi connectivity index (χ1) is 9.38. The molecule has 0 spiro atoms. The van der Waals surface area contributed by atoms with Gasteiger partial charge in [-0.15, -0.1) is 0 Å². The van der Waals surface area contributed by atoms with Crippen LogP contribution in [0.25, 0.3) is 11.5 Å². The largest absolute Gasteiger partial charge is 0.459 e. The first-order valence-electron chi connectivity index (χ1n) is 5.47. The Hall–Kier alpha value is -2.38. The lowest BCUT2D eigenvalue weighted by molar-refractivity contribution is -0.142. The van der Waals surface area contributed by atoms with E-state index in [9.17, 15) is 18.0 Å². The summed E-state index contributed by atoms with van der Waals surface area (Å²) in [6.45, 7) is 1.05. The zero-order valence-electron chi connectivity index (χ0n) is 10.3. The second-order valence-electron chi connectivity index (χ2n) is 3.84. The summed E-state index contributed by atoms with van der Waals surface area (Å²) in [5.41, 5.74) is -0.949. The van der Waals surface area contributed by atoms with Gasteiger partial charge in [0.05, 0.1) is 11.1 Å². The average Bonchev–Trinajstić information content (AvgIpc) is 2.84. The molecule has 0 aromatic carbocycles. The van der Waals surface area contributed by atoms with Gasteiger partial charge in [0.1, 0.15) is 18.6 Å². The van der Waals surface area contributed by atoms with Gasteiger partial charge in [0.2, 0.25) is 5.89 Å².